The van der Waals surface area contributed by atoms with E-state index in [1.54, 1.807) is 0 Å². The molecule has 0 radical (unpaired) electrons. The predicted octanol–water partition coefficient (Wildman–Crippen LogP) is 3.06. The Hall–Kier alpha value is -0.240. The van der Waals surface area contributed by atoms with E-state index in [9.17, 15) is 0 Å². The van der Waals surface area contributed by atoms with Gasteiger partial charge in [0.05, 0.1) is 66.1 Å². The molecule has 6 nitrogen and oxygen atoms in total. The SMILES string of the molecule is CCCCCCC(CC)COCCOCCOCCOCCOCCO. The van der Waals surface area contributed by atoms with Gasteiger partial charge in [0, 0.05) is 6.61 Å². The van der Waals surface area contributed by atoms with Crippen molar-refractivity contribution < 1.29 is 28.8 Å². The van der Waals surface area contributed by atoms with Crippen LogP contribution < -0.4 is 0 Å². The quantitative estimate of drug-likeness (QED) is 0.292. The Morgan fingerprint density at radius 3 is 1.58 bits per heavy atom. The third kappa shape index (κ3) is 20.1. The van der Waals surface area contributed by atoms with E-state index in [0.29, 0.717) is 65.4 Å². The van der Waals surface area contributed by atoms with Crippen LogP contribution in [0.1, 0.15) is 52.4 Å². The second-order valence-electron chi connectivity index (χ2n) is 6.37. The number of aliphatic hydroxyl groups is 1. The molecular weight excluding hydrogens is 336 g/mol. The first kappa shape index (κ1) is 25.8. The van der Waals surface area contributed by atoms with Crippen molar-refractivity contribution in [3.8, 4) is 0 Å². The summed E-state index contributed by atoms with van der Waals surface area (Å²) in [5.41, 5.74) is 0. The summed E-state index contributed by atoms with van der Waals surface area (Å²) in [4.78, 5) is 0. The van der Waals surface area contributed by atoms with Gasteiger partial charge in [-0.1, -0.05) is 46.0 Å². The molecule has 6 heteroatoms. The van der Waals surface area contributed by atoms with Gasteiger partial charge >= 0.3 is 0 Å². The van der Waals surface area contributed by atoms with Crippen molar-refractivity contribution in [1.82, 2.24) is 0 Å². The Kier molecular flexibility index (Phi) is 22.6. The molecule has 158 valence electrons. The molecular formula is C20H42O6. The molecule has 0 saturated heterocycles. The molecule has 1 unspecified atom stereocenters. The van der Waals surface area contributed by atoms with Crippen molar-refractivity contribution in [3.63, 3.8) is 0 Å². The maximum absolute atomic E-state index is 8.54. The summed E-state index contributed by atoms with van der Waals surface area (Å²) in [7, 11) is 0. The lowest BCUT2D eigenvalue weighted by atomic mass is 9.99. The molecule has 0 aliphatic heterocycles. The molecule has 0 saturated carbocycles. The van der Waals surface area contributed by atoms with Gasteiger partial charge in [-0.05, 0) is 12.3 Å². The summed E-state index contributed by atoms with van der Waals surface area (Å²) in [5.74, 6) is 0.684. The van der Waals surface area contributed by atoms with E-state index >= 15 is 0 Å². The number of rotatable bonds is 22. The van der Waals surface area contributed by atoms with E-state index in [1.807, 2.05) is 0 Å². The highest BCUT2D eigenvalue weighted by atomic mass is 16.6. The zero-order chi connectivity index (χ0) is 19.1. The monoisotopic (exact) mass is 378 g/mol. The Morgan fingerprint density at radius 2 is 1.12 bits per heavy atom. The summed E-state index contributed by atoms with van der Waals surface area (Å²) in [6.07, 6.45) is 7.78. The van der Waals surface area contributed by atoms with Crippen LogP contribution in [0.4, 0.5) is 0 Å². The molecule has 0 aromatic carbocycles. The van der Waals surface area contributed by atoms with Crippen LogP contribution >= 0.6 is 0 Å². The number of hydrogen-bond acceptors (Lipinski definition) is 6. The fraction of sp³-hybridized carbons (Fsp3) is 1.00. The summed E-state index contributed by atoms with van der Waals surface area (Å²) in [5, 5.41) is 8.54. The molecule has 0 aromatic rings. The van der Waals surface area contributed by atoms with E-state index in [1.165, 1.54) is 38.5 Å². The molecule has 0 bridgehead atoms. The van der Waals surface area contributed by atoms with E-state index in [-0.39, 0.29) is 6.61 Å². The van der Waals surface area contributed by atoms with Crippen LogP contribution in [0.25, 0.3) is 0 Å². The third-order valence-corrected chi connectivity index (χ3v) is 4.12. The average Bonchev–Trinajstić information content (AvgIpc) is 2.66. The van der Waals surface area contributed by atoms with Crippen molar-refractivity contribution in [2.75, 3.05) is 72.7 Å². The number of unbranched alkanes of at least 4 members (excludes halogenated alkanes) is 3. The van der Waals surface area contributed by atoms with Crippen molar-refractivity contribution in [2.24, 2.45) is 5.92 Å². The minimum atomic E-state index is 0.0480. The summed E-state index contributed by atoms with van der Waals surface area (Å²) in [6.45, 7) is 10.3. The van der Waals surface area contributed by atoms with Gasteiger partial charge in [-0.2, -0.15) is 0 Å². The molecule has 26 heavy (non-hydrogen) atoms. The van der Waals surface area contributed by atoms with Crippen molar-refractivity contribution >= 4 is 0 Å². The Labute approximate surface area is 160 Å². The zero-order valence-electron chi connectivity index (χ0n) is 17.1. The fourth-order valence-corrected chi connectivity index (χ4v) is 2.46. The minimum Gasteiger partial charge on any atom is -0.394 e. The van der Waals surface area contributed by atoms with Gasteiger partial charge in [0.1, 0.15) is 0 Å². The first-order valence-electron chi connectivity index (χ1n) is 10.3. The molecule has 0 aliphatic carbocycles. The molecule has 1 N–H and O–H groups in total. The standard InChI is InChI=1S/C20H42O6/c1-3-5-6-7-8-20(4-2)19-26-18-17-25-16-15-24-14-13-23-12-11-22-10-9-21/h20-21H,3-19H2,1-2H3. The Bertz CT molecular complexity index is 252. The van der Waals surface area contributed by atoms with Gasteiger partial charge in [-0.15, -0.1) is 0 Å². The highest BCUT2D eigenvalue weighted by molar-refractivity contribution is 4.56. The first-order chi connectivity index (χ1) is 12.8. The largest absolute Gasteiger partial charge is 0.394 e. The number of hydrogen-bond donors (Lipinski definition) is 1. The van der Waals surface area contributed by atoms with Crippen LogP contribution in [-0.4, -0.2) is 77.8 Å². The second kappa shape index (κ2) is 22.8. The van der Waals surface area contributed by atoms with Crippen molar-refractivity contribution in [3.05, 3.63) is 0 Å². The van der Waals surface area contributed by atoms with E-state index in [4.69, 9.17) is 28.8 Å². The summed E-state index contributed by atoms with van der Waals surface area (Å²) < 4.78 is 27.0. The Morgan fingerprint density at radius 1 is 0.615 bits per heavy atom. The number of aliphatic hydroxyl groups excluding tert-OH is 1. The van der Waals surface area contributed by atoms with Crippen LogP contribution in [-0.2, 0) is 23.7 Å². The normalized spacial score (nSPS) is 12.6. The molecule has 0 aliphatic rings. The van der Waals surface area contributed by atoms with Crippen molar-refractivity contribution in [2.45, 2.75) is 52.4 Å². The molecule has 0 fully saturated rings. The minimum absolute atomic E-state index is 0.0480. The van der Waals surface area contributed by atoms with E-state index in [0.717, 1.165) is 6.61 Å². The van der Waals surface area contributed by atoms with Gasteiger partial charge in [-0.25, -0.2) is 0 Å². The topological polar surface area (TPSA) is 66.4 Å². The van der Waals surface area contributed by atoms with Crippen LogP contribution in [0.5, 0.6) is 0 Å². The second-order valence-corrected chi connectivity index (χ2v) is 6.37. The Balaban J connectivity index is 3.18. The van der Waals surface area contributed by atoms with Crippen LogP contribution in [0.2, 0.25) is 0 Å². The summed E-state index contributed by atoms with van der Waals surface area (Å²) >= 11 is 0. The maximum atomic E-state index is 8.54. The average molecular weight is 379 g/mol. The lowest BCUT2D eigenvalue weighted by Gasteiger charge is -2.15. The third-order valence-electron chi connectivity index (χ3n) is 4.12. The molecule has 0 heterocycles. The maximum Gasteiger partial charge on any atom is 0.0701 e. The van der Waals surface area contributed by atoms with Crippen LogP contribution in [0, 0.1) is 5.92 Å². The van der Waals surface area contributed by atoms with Crippen LogP contribution in [0.15, 0.2) is 0 Å². The fourth-order valence-electron chi connectivity index (χ4n) is 2.46. The summed E-state index contributed by atoms with van der Waals surface area (Å²) in [6, 6.07) is 0. The highest BCUT2D eigenvalue weighted by Gasteiger charge is 2.06. The molecule has 0 amide bonds. The van der Waals surface area contributed by atoms with Gasteiger partial charge in [0.25, 0.3) is 0 Å². The first-order valence-corrected chi connectivity index (χ1v) is 10.3. The predicted molar refractivity (Wildman–Crippen MR) is 104 cm³/mol. The van der Waals surface area contributed by atoms with Crippen LogP contribution in [0.3, 0.4) is 0 Å². The number of ether oxygens (including phenoxy) is 5. The van der Waals surface area contributed by atoms with Gasteiger partial charge < -0.3 is 28.8 Å². The lowest BCUT2D eigenvalue weighted by Crippen LogP contribution is -2.15. The highest BCUT2D eigenvalue weighted by Crippen LogP contribution is 2.14. The smallest absolute Gasteiger partial charge is 0.0701 e. The van der Waals surface area contributed by atoms with Gasteiger partial charge in [0.15, 0.2) is 0 Å². The molecule has 0 rings (SSSR count). The van der Waals surface area contributed by atoms with E-state index < -0.39 is 0 Å². The molecule has 0 spiro atoms. The van der Waals surface area contributed by atoms with E-state index in [2.05, 4.69) is 13.8 Å². The van der Waals surface area contributed by atoms with Gasteiger partial charge in [0.2, 0.25) is 0 Å². The molecule has 1 atom stereocenters. The van der Waals surface area contributed by atoms with Gasteiger partial charge in [-0.3, -0.25) is 0 Å². The van der Waals surface area contributed by atoms with Crippen molar-refractivity contribution in [1.29, 1.82) is 0 Å². The molecule has 0 aromatic heterocycles. The lowest BCUT2D eigenvalue weighted by molar-refractivity contribution is -0.0158. The zero-order valence-corrected chi connectivity index (χ0v) is 17.1.